The van der Waals surface area contributed by atoms with Crippen molar-refractivity contribution in [3.63, 3.8) is 0 Å². The van der Waals surface area contributed by atoms with Crippen molar-refractivity contribution in [2.75, 3.05) is 19.7 Å². The van der Waals surface area contributed by atoms with Crippen molar-refractivity contribution in [2.45, 2.75) is 38.1 Å². The quantitative estimate of drug-likeness (QED) is 0.778. The first-order valence-corrected chi connectivity index (χ1v) is 6.07. The second kappa shape index (κ2) is 4.70. The molecule has 2 aliphatic heterocycles. The summed E-state index contributed by atoms with van der Waals surface area (Å²) >= 11 is 0. The van der Waals surface area contributed by atoms with E-state index in [9.17, 15) is 18.0 Å². The highest BCUT2D eigenvalue weighted by molar-refractivity contribution is 5.84. The average molecular weight is 266 g/mol. The van der Waals surface area contributed by atoms with Gasteiger partial charge in [0.2, 0.25) is 5.91 Å². The molecule has 0 radical (unpaired) electrons. The molecule has 0 aliphatic carbocycles. The third-order valence-electron chi connectivity index (χ3n) is 3.83. The molecule has 2 N–H and O–H groups in total. The van der Waals surface area contributed by atoms with Gasteiger partial charge in [0.25, 0.3) is 0 Å². The fourth-order valence-electron chi connectivity index (χ4n) is 2.48. The summed E-state index contributed by atoms with van der Waals surface area (Å²) in [5, 5.41) is 5.12. The molecule has 3 unspecified atom stereocenters. The number of carbonyl (C=O) groups is 1. The van der Waals surface area contributed by atoms with Crippen LogP contribution in [0.2, 0.25) is 0 Å². The summed E-state index contributed by atoms with van der Waals surface area (Å²) in [5.74, 6) is -0.928. The van der Waals surface area contributed by atoms with Gasteiger partial charge >= 0.3 is 6.18 Å². The van der Waals surface area contributed by atoms with E-state index in [2.05, 4.69) is 10.6 Å². The van der Waals surface area contributed by atoms with Gasteiger partial charge in [0.05, 0.1) is 12.1 Å². The number of hydrogen-bond donors (Lipinski definition) is 2. The highest BCUT2D eigenvalue weighted by Crippen LogP contribution is 2.43. The Morgan fingerprint density at radius 2 is 2.22 bits per heavy atom. The Hall–Kier alpha value is -0.820. The molecule has 2 aliphatic rings. The van der Waals surface area contributed by atoms with Crippen LogP contribution in [0, 0.1) is 5.41 Å². The first-order valence-electron chi connectivity index (χ1n) is 6.07. The summed E-state index contributed by atoms with van der Waals surface area (Å²) in [6, 6.07) is -0.322. The topological polar surface area (TPSA) is 50.4 Å². The minimum Gasteiger partial charge on any atom is -0.376 e. The monoisotopic (exact) mass is 266 g/mol. The lowest BCUT2D eigenvalue weighted by Crippen LogP contribution is -2.55. The van der Waals surface area contributed by atoms with Crippen LogP contribution in [0.4, 0.5) is 13.2 Å². The van der Waals surface area contributed by atoms with Gasteiger partial charge < -0.3 is 15.4 Å². The molecular formula is C11H17F3N2O2. The van der Waals surface area contributed by atoms with Crippen molar-refractivity contribution in [1.29, 1.82) is 0 Å². The third-order valence-corrected chi connectivity index (χ3v) is 3.83. The van der Waals surface area contributed by atoms with Crippen molar-refractivity contribution in [1.82, 2.24) is 10.6 Å². The molecule has 2 rings (SSSR count). The SMILES string of the molecule is CC1OCCC1NC(=O)C1(C(F)(F)F)CCNC1. The van der Waals surface area contributed by atoms with Crippen LogP contribution in [0.25, 0.3) is 0 Å². The molecule has 2 fully saturated rings. The first-order chi connectivity index (χ1) is 8.37. The molecule has 0 aromatic rings. The molecule has 1 amide bonds. The van der Waals surface area contributed by atoms with E-state index in [0.717, 1.165) is 0 Å². The Kier molecular flexibility index (Phi) is 3.55. The van der Waals surface area contributed by atoms with Gasteiger partial charge in [-0.1, -0.05) is 0 Å². The van der Waals surface area contributed by atoms with E-state index in [0.29, 0.717) is 13.0 Å². The van der Waals surface area contributed by atoms with Crippen LogP contribution in [0.3, 0.4) is 0 Å². The van der Waals surface area contributed by atoms with Crippen LogP contribution >= 0.6 is 0 Å². The first kappa shape index (κ1) is 13.6. The Morgan fingerprint density at radius 1 is 1.50 bits per heavy atom. The van der Waals surface area contributed by atoms with Gasteiger partial charge in [0, 0.05) is 13.2 Å². The summed E-state index contributed by atoms with van der Waals surface area (Å²) in [4.78, 5) is 12.0. The van der Waals surface area contributed by atoms with Crippen molar-refractivity contribution in [3.05, 3.63) is 0 Å². The molecule has 0 bridgehead atoms. The molecule has 0 saturated carbocycles. The van der Waals surface area contributed by atoms with Crippen molar-refractivity contribution in [2.24, 2.45) is 5.41 Å². The summed E-state index contributed by atoms with van der Waals surface area (Å²) in [6.45, 7) is 2.10. The molecule has 3 atom stereocenters. The van der Waals surface area contributed by atoms with E-state index in [-0.39, 0.29) is 31.7 Å². The minimum absolute atomic E-state index is 0.204. The molecule has 18 heavy (non-hydrogen) atoms. The Labute approximate surface area is 103 Å². The fraction of sp³-hybridized carbons (Fsp3) is 0.909. The Balaban J connectivity index is 2.10. The molecule has 4 nitrogen and oxygen atoms in total. The predicted octanol–water partition coefficient (Wildman–Crippen LogP) is 0.822. The molecule has 0 aromatic heterocycles. The number of rotatable bonds is 2. The van der Waals surface area contributed by atoms with Gasteiger partial charge in [-0.2, -0.15) is 13.2 Å². The number of halogens is 3. The molecular weight excluding hydrogens is 249 g/mol. The minimum atomic E-state index is -4.52. The second-order valence-electron chi connectivity index (χ2n) is 4.95. The van der Waals surface area contributed by atoms with Crippen LogP contribution in [0.5, 0.6) is 0 Å². The van der Waals surface area contributed by atoms with Gasteiger partial charge in [-0.15, -0.1) is 0 Å². The number of carbonyl (C=O) groups excluding carboxylic acids is 1. The van der Waals surface area contributed by atoms with Crippen LogP contribution < -0.4 is 10.6 Å². The van der Waals surface area contributed by atoms with E-state index in [1.165, 1.54) is 0 Å². The van der Waals surface area contributed by atoms with Crippen LogP contribution in [-0.2, 0) is 9.53 Å². The molecule has 2 saturated heterocycles. The normalized spacial score (nSPS) is 36.9. The average Bonchev–Trinajstić information content (AvgIpc) is 2.87. The summed E-state index contributed by atoms with van der Waals surface area (Å²) in [6.07, 6.45) is -4.39. The van der Waals surface area contributed by atoms with Crippen molar-refractivity contribution < 1.29 is 22.7 Å². The maximum Gasteiger partial charge on any atom is 0.404 e. The Bertz CT molecular complexity index is 327. The molecule has 104 valence electrons. The molecule has 2 heterocycles. The number of alkyl halides is 3. The highest BCUT2D eigenvalue weighted by Gasteiger charge is 2.61. The number of ether oxygens (including phenoxy) is 1. The number of amides is 1. The lowest BCUT2D eigenvalue weighted by atomic mass is 9.84. The van der Waals surface area contributed by atoms with Crippen LogP contribution in [-0.4, -0.2) is 43.9 Å². The third kappa shape index (κ3) is 2.21. The zero-order valence-corrected chi connectivity index (χ0v) is 10.1. The highest BCUT2D eigenvalue weighted by atomic mass is 19.4. The maximum absolute atomic E-state index is 13.1. The van der Waals surface area contributed by atoms with Crippen LogP contribution in [0.1, 0.15) is 19.8 Å². The lowest BCUT2D eigenvalue weighted by molar-refractivity contribution is -0.216. The second-order valence-corrected chi connectivity index (χ2v) is 4.95. The smallest absolute Gasteiger partial charge is 0.376 e. The van der Waals surface area contributed by atoms with Gasteiger partial charge in [0.15, 0.2) is 5.41 Å². The largest absolute Gasteiger partial charge is 0.404 e. The van der Waals surface area contributed by atoms with Gasteiger partial charge in [-0.25, -0.2) is 0 Å². The maximum atomic E-state index is 13.1. The number of hydrogen-bond acceptors (Lipinski definition) is 3. The van der Waals surface area contributed by atoms with E-state index in [4.69, 9.17) is 4.74 Å². The zero-order valence-electron chi connectivity index (χ0n) is 10.1. The van der Waals surface area contributed by atoms with Crippen molar-refractivity contribution >= 4 is 5.91 Å². The van der Waals surface area contributed by atoms with Crippen molar-refractivity contribution in [3.8, 4) is 0 Å². The lowest BCUT2D eigenvalue weighted by Gasteiger charge is -2.31. The Morgan fingerprint density at radius 3 is 2.67 bits per heavy atom. The molecule has 0 spiro atoms. The zero-order chi connectivity index (χ0) is 13.4. The predicted molar refractivity (Wildman–Crippen MR) is 57.9 cm³/mol. The standard InChI is InChI=1S/C11H17F3N2O2/c1-7-8(2-5-18-7)16-9(17)10(11(12,13)14)3-4-15-6-10/h7-8,15H,2-6H2,1H3,(H,16,17). The van der Waals surface area contributed by atoms with E-state index in [1.54, 1.807) is 6.92 Å². The molecule has 7 heteroatoms. The van der Waals surface area contributed by atoms with Gasteiger partial charge in [-0.05, 0) is 26.3 Å². The summed E-state index contributed by atoms with van der Waals surface area (Å²) in [5.41, 5.74) is -2.28. The van der Waals surface area contributed by atoms with E-state index in [1.807, 2.05) is 0 Å². The number of nitrogens with one attached hydrogen (secondary N) is 2. The van der Waals surface area contributed by atoms with Gasteiger partial charge in [0.1, 0.15) is 0 Å². The van der Waals surface area contributed by atoms with E-state index < -0.39 is 17.5 Å². The van der Waals surface area contributed by atoms with Gasteiger partial charge in [-0.3, -0.25) is 4.79 Å². The van der Waals surface area contributed by atoms with E-state index >= 15 is 0 Å². The molecule has 0 aromatic carbocycles. The summed E-state index contributed by atoms with van der Waals surface area (Å²) < 4.78 is 44.6. The van der Waals surface area contributed by atoms with Crippen LogP contribution in [0.15, 0.2) is 0 Å². The fourth-order valence-corrected chi connectivity index (χ4v) is 2.48. The summed E-state index contributed by atoms with van der Waals surface area (Å²) in [7, 11) is 0.